The third-order valence-corrected chi connectivity index (χ3v) is 4.93. The number of halogens is 2. The predicted octanol–water partition coefficient (Wildman–Crippen LogP) is 6.85. The molecule has 0 saturated heterocycles. The number of allylic oxidation sites excluding steroid dienone is 1. The van der Waals surface area contributed by atoms with Crippen LogP contribution in [-0.2, 0) is 6.61 Å². The van der Waals surface area contributed by atoms with Crippen LogP contribution in [0.25, 0.3) is 11.6 Å². The number of nitrogens with zero attached hydrogens (tertiary/aromatic N) is 1. The summed E-state index contributed by atoms with van der Waals surface area (Å²) in [5.41, 5.74) is 3.57. The second-order valence-electron chi connectivity index (χ2n) is 5.64. The van der Waals surface area contributed by atoms with Gasteiger partial charge in [0.05, 0.1) is 16.1 Å². The minimum Gasteiger partial charge on any atom is -0.488 e. The van der Waals surface area contributed by atoms with E-state index in [1.165, 1.54) is 0 Å². The maximum absolute atomic E-state index is 9.44. The van der Waals surface area contributed by atoms with Crippen LogP contribution in [0.5, 0.6) is 5.75 Å². The van der Waals surface area contributed by atoms with E-state index in [4.69, 9.17) is 4.74 Å². The Labute approximate surface area is 170 Å². The van der Waals surface area contributed by atoms with E-state index in [0.717, 1.165) is 31.4 Å². The first-order valence-corrected chi connectivity index (χ1v) is 9.58. The van der Waals surface area contributed by atoms with Crippen molar-refractivity contribution in [2.24, 2.45) is 0 Å². The topological polar surface area (TPSA) is 33.0 Å². The van der Waals surface area contributed by atoms with Crippen LogP contribution in [0.3, 0.4) is 0 Å². The van der Waals surface area contributed by atoms with Gasteiger partial charge in [0.25, 0.3) is 0 Å². The SMILES string of the molecule is N#C/C(=C/c1ccc(OCc2ccc(Br)cc2)c(Br)c1)c1ccccc1. The van der Waals surface area contributed by atoms with Crippen molar-refractivity contribution in [2.45, 2.75) is 6.61 Å². The number of rotatable bonds is 5. The van der Waals surface area contributed by atoms with Gasteiger partial charge in [-0.25, -0.2) is 0 Å². The Morgan fingerprint density at radius 2 is 1.69 bits per heavy atom. The number of benzene rings is 3. The van der Waals surface area contributed by atoms with Crippen LogP contribution in [-0.4, -0.2) is 0 Å². The number of hydrogen-bond acceptors (Lipinski definition) is 2. The summed E-state index contributed by atoms with van der Waals surface area (Å²) in [6, 6.07) is 25.8. The zero-order chi connectivity index (χ0) is 18.4. The van der Waals surface area contributed by atoms with Crippen molar-refractivity contribution < 1.29 is 4.74 Å². The smallest absolute Gasteiger partial charge is 0.134 e. The van der Waals surface area contributed by atoms with Gasteiger partial charge in [-0.3, -0.25) is 0 Å². The molecular formula is C22H15Br2NO. The molecule has 4 heteroatoms. The van der Waals surface area contributed by atoms with Crippen molar-refractivity contribution in [1.82, 2.24) is 0 Å². The molecular weight excluding hydrogens is 454 g/mol. The Hall–Kier alpha value is -2.35. The van der Waals surface area contributed by atoms with E-state index in [2.05, 4.69) is 37.9 Å². The standard InChI is InChI=1S/C22H15Br2NO/c23-20-9-6-16(7-10-20)15-26-22-11-8-17(13-21(22)24)12-19(14-25)18-4-2-1-3-5-18/h1-13H,15H2/b19-12-. The normalized spacial score (nSPS) is 11.0. The molecule has 0 fully saturated rings. The Morgan fingerprint density at radius 1 is 0.962 bits per heavy atom. The van der Waals surface area contributed by atoms with Gasteiger partial charge in [-0.2, -0.15) is 5.26 Å². The molecule has 0 unspecified atom stereocenters. The summed E-state index contributed by atoms with van der Waals surface area (Å²) in [4.78, 5) is 0. The van der Waals surface area contributed by atoms with E-state index < -0.39 is 0 Å². The molecule has 0 heterocycles. The first-order valence-electron chi connectivity index (χ1n) is 8.00. The van der Waals surface area contributed by atoms with Crippen LogP contribution in [0, 0.1) is 11.3 Å². The fourth-order valence-corrected chi connectivity index (χ4v) is 3.21. The van der Waals surface area contributed by atoms with Crippen molar-refractivity contribution in [1.29, 1.82) is 5.26 Å². The zero-order valence-corrected chi connectivity index (χ0v) is 17.0. The quantitative estimate of drug-likeness (QED) is 0.302. The second kappa shape index (κ2) is 8.84. The molecule has 0 N–H and O–H groups in total. The molecule has 0 amide bonds. The maximum atomic E-state index is 9.44. The van der Waals surface area contributed by atoms with Gasteiger partial charge in [-0.05, 0) is 63.0 Å². The lowest BCUT2D eigenvalue weighted by Gasteiger charge is -2.09. The van der Waals surface area contributed by atoms with Crippen LogP contribution in [0.2, 0.25) is 0 Å². The van der Waals surface area contributed by atoms with Crippen molar-refractivity contribution in [3.8, 4) is 11.8 Å². The van der Waals surface area contributed by atoms with Crippen molar-refractivity contribution >= 4 is 43.5 Å². The molecule has 0 saturated carbocycles. The van der Waals surface area contributed by atoms with E-state index in [-0.39, 0.29) is 0 Å². The van der Waals surface area contributed by atoms with Gasteiger partial charge in [0.2, 0.25) is 0 Å². The van der Waals surface area contributed by atoms with Crippen LogP contribution in [0.1, 0.15) is 16.7 Å². The van der Waals surface area contributed by atoms with Gasteiger partial charge in [-0.15, -0.1) is 0 Å². The Bertz CT molecular complexity index is 958. The molecule has 0 radical (unpaired) electrons. The average Bonchev–Trinajstić information content (AvgIpc) is 2.67. The van der Waals surface area contributed by atoms with Crippen molar-refractivity contribution in [3.05, 3.63) is 98.4 Å². The summed E-state index contributed by atoms with van der Waals surface area (Å²) < 4.78 is 7.79. The van der Waals surface area contributed by atoms with E-state index >= 15 is 0 Å². The Kier molecular flexibility index (Phi) is 6.27. The molecule has 0 aliphatic rings. The Balaban J connectivity index is 1.76. The number of hydrogen-bond donors (Lipinski definition) is 0. The van der Waals surface area contributed by atoms with E-state index in [9.17, 15) is 5.26 Å². The lowest BCUT2D eigenvalue weighted by Crippen LogP contribution is -1.96. The van der Waals surface area contributed by atoms with Crippen LogP contribution in [0.15, 0.2) is 81.7 Å². The molecule has 3 rings (SSSR count). The highest BCUT2D eigenvalue weighted by molar-refractivity contribution is 9.10. The van der Waals surface area contributed by atoms with Gasteiger partial charge < -0.3 is 4.74 Å². The zero-order valence-electron chi connectivity index (χ0n) is 13.8. The number of ether oxygens (including phenoxy) is 1. The summed E-state index contributed by atoms with van der Waals surface area (Å²) in [5, 5.41) is 9.44. The molecule has 0 aliphatic carbocycles. The first-order chi connectivity index (χ1) is 12.7. The minimum absolute atomic E-state index is 0.495. The van der Waals surface area contributed by atoms with E-state index in [0.29, 0.717) is 12.2 Å². The molecule has 0 atom stereocenters. The van der Waals surface area contributed by atoms with Crippen molar-refractivity contribution in [2.75, 3.05) is 0 Å². The molecule has 3 aromatic carbocycles. The first kappa shape index (κ1) is 18.4. The highest BCUT2D eigenvalue weighted by Gasteiger charge is 2.05. The Morgan fingerprint density at radius 3 is 2.35 bits per heavy atom. The summed E-state index contributed by atoms with van der Waals surface area (Å²) in [7, 11) is 0. The fraction of sp³-hybridized carbons (Fsp3) is 0.0455. The number of nitriles is 1. The summed E-state index contributed by atoms with van der Waals surface area (Å²) >= 11 is 6.98. The summed E-state index contributed by atoms with van der Waals surface area (Å²) in [6.45, 7) is 0.495. The fourth-order valence-electron chi connectivity index (χ4n) is 2.43. The molecule has 0 aliphatic heterocycles. The third kappa shape index (κ3) is 4.85. The van der Waals surface area contributed by atoms with Gasteiger partial charge in [-0.1, -0.05) is 64.5 Å². The minimum atomic E-state index is 0.495. The molecule has 128 valence electrons. The molecule has 26 heavy (non-hydrogen) atoms. The summed E-state index contributed by atoms with van der Waals surface area (Å²) in [6.07, 6.45) is 1.87. The molecule has 2 nitrogen and oxygen atoms in total. The summed E-state index contributed by atoms with van der Waals surface area (Å²) in [5.74, 6) is 0.767. The average molecular weight is 469 g/mol. The highest BCUT2D eigenvalue weighted by Crippen LogP contribution is 2.29. The van der Waals surface area contributed by atoms with Gasteiger partial charge in [0.1, 0.15) is 12.4 Å². The predicted molar refractivity (Wildman–Crippen MR) is 113 cm³/mol. The lowest BCUT2D eigenvalue weighted by atomic mass is 10.0. The van der Waals surface area contributed by atoms with E-state index in [1.54, 1.807) is 0 Å². The lowest BCUT2D eigenvalue weighted by molar-refractivity contribution is 0.304. The monoisotopic (exact) mass is 467 g/mol. The maximum Gasteiger partial charge on any atom is 0.134 e. The van der Waals surface area contributed by atoms with Gasteiger partial charge in [0.15, 0.2) is 0 Å². The molecule has 3 aromatic rings. The largest absolute Gasteiger partial charge is 0.488 e. The van der Waals surface area contributed by atoms with Gasteiger partial charge >= 0.3 is 0 Å². The van der Waals surface area contributed by atoms with Crippen molar-refractivity contribution in [3.63, 3.8) is 0 Å². The van der Waals surface area contributed by atoms with E-state index in [1.807, 2.05) is 78.9 Å². The molecule has 0 bridgehead atoms. The molecule has 0 spiro atoms. The highest BCUT2D eigenvalue weighted by atomic mass is 79.9. The van der Waals surface area contributed by atoms with Crippen LogP contribution in [0.4, 0.5) is 0 Å². The second-order valence-corrected chi connectivity index (χ2v) is 7.41. The molecule has 0 aromatic heterocycles. The van der Waals surface area contributed by atoms with Crippen LogP contribution < -0.4 is 4.74 Å². The van der Waals surface area contributed by atoms with Gasteiger partial charge in [0, 0.05) is 4.47 Å². The van der Waals surface area contributed by atoms with Crippen LogP contribution >= 0.6 is 31.9 Å². The third-order valence-electron chi connectivity index (χ3n) is 3.78.